The van der Waals surface area contributed by atoms with Crippen molar-refractivity contribution in [1.29, 1.82) is 0 Å². The number of hydrogen-bond acceptors (Lipinski definition) is 5. The van der Waals surface area contributed by atoms with Crippen LogP contribution in [-0.4, -0.2) is 40.8 Å². The van der Waals surface area contributed by atoms with E-state index in [1.807, 2.05) is 44.4 Å². The van der Waals surface area contributed by atoms with Gasteiger partial charge in [0, 0.05) is 17.7 Å². The predicted octanol–water partition coefficient (Wildman–Crippen LogP) is 4.16. The molecule has 1 fully saturated rings. The van der Waals surface area contributed by atoms with Crippen molar-refractivity contribution in [1.82, 2.24) is 18.4 Å². The van der Waals surface area contributed by atoms with Crippen LogP contribution in [0.4, 0.5) is 0 Å². The Morgan fingerprint density at radius 1 is 1.10 bits per heavy atom. The Balaban J connectivity index is 1.84. The van der Waals surface area contributed by atoms with Crippen molar-refractivity contribution < 1.29 is 9.53 Å². The van der Waals surface area contributed by atoms with E-state index in [4.69, 9.17) is 4.74 Å². The van der Waals surface area contributed by atoms with Crippen LogP contribution in [0.5, 0.6) is 5.75 Å². The van der Waals surface area contributed by atoms with Crippen molar-refractivity contribution in [3.05, 3.63) is 58.4 Å². The Kier molecular flexibility index (Phi) is 6.38. The van der Waals surface area contributed by atoms with E-state index in [0.717, 1.165) is 42.6 Å². The molecule has 8 heteroatoms. The Hall–Kier alpha value is -2.71. The molecule has 0 unspecified atom stereocenters. The molecule has 0 bridgehead atoms. The third-order valence-corrected chi connectivity index (χ3v) is 6.34. The van der Waals surface area contributed by atoms with Gasteiger partial charge in [-0.05, 0) is 69.4 Å². The van der Waals surface area contributed by atoms with E-state index in [1.54, 1.807) is 28.2 Å². The zero-order valence-electron chi connectivity index (χ0n) is 18.1. The minimum absolute atomic E-state index is 0.111. The lowest BCUT2D eigenvalue weighted by molar-refractivity contribution is 0.0983. The topological polar surface area (TPSA) is 68.5 Å². The number of amides is 1. The van der Waals surface area contributed by atoms with Crippen molar-refractivity contribution in [3.63, 3.8) is 0 Å². The van der Waals surface area contributed by atoms with Crippen molar-refractivity contribution in [2.24, 2.45) is 0 Å². The van der Waals surface area contributed by atoms with Crippen LogP contribution in [0.15, 0.2) is 47.3 Å². The first kappa shape index (κ1) is 21.5. The highest BCUT2D eigenvalue weighted by atomic mass is 32.2. The molecule has 3 aromatic rings. The number of carbonyl (C=O) groups excluding carboxylic acids is 1. The van der Waals surface area contributed by atoms with Gasteiger partial charge in [-0.25, -0.2) is 8.99 Å². The third-order valence-electron chi connectivity index (χ3n) is 5.70. The largest absolute Gasteiger partial charge is 0.497 e. The van der Waals surface area contributed by atoms with E-state index in [-0.39, 0.29) is 17.5 Å². The first-order valence-corrected chi connectivity index (χ1v) is 11.3. The standard InChI is InChI=1S/C23H28N4O3S/c1-25(2)31-24-22(28)16-9-14-21-20(15-16)23(29)27(18-10-12-19(30-3)13-11-18)26(21)17-7-5-4-6-8-17/h9-15,17H,4-8H2,1-3H3,(H,24,28). The maximum atomic E-state index is 13.6. The summed E-state index contributed by atoms with van der Waals surface area (Å²) < 4.78 is 13.8. The fraction of sp³-hybridized carbons (Fsp3) is 0.391. The van der Waals surface area contributed by atoms with Gasteiger partial charge in [0.15, 0.2) is 0 Å². The summed E-state index contributed by atoms with van der Waals surface area (Å²) in [7, 11) is 5.33. The second-order valence-electron chi connectivity index (χ2n) is 8.02. The van der Waals surface area contributed by atoms with Gasteiger partial charge in [0.05, 0.1) is 29.7 Å². The van der Waals surface area contributed by atoms with Gasteiger partial charge in [0.1, 0.15) is 5.75 Å². The molecule has 0 spiro atoms. The molecule has 1 heterocycles. The fourth-order valence-electron chi connectivity index (χ4n) is 4.21. The summed E-state index contributed by atoms with van der Waals surface area (Å²) in [4.78, 5) is 26.1. The lowest BCUT2D eigenvalue weighted by Gasteiger charge is -2.26. The summed E-state index contributed by atoms with van der Waals surface area (Å²) in [6, 6.07) is 13.2. The van der Waals surface area contributed by atoms with Crippen LogP contribution >= 0.6 is 12.1 Å². The highest BCUT2D eigenvalue weighted by molar-refractivity contribution is 7.95. The number of hydrogen-bond donors (Lipinski definition) is 1. The van der Waals surface area contributed by atoms with Gasteiger partial charge >= 0.3 is 0 Å². The minimum Gasteiger partial charge on any atom is -0.497 e. The highest BCUT2D eigenvalue weighted by Gasteiger charge is 2.24. The highest BCUT2D eigenvalue weighted by Crippen LogP contribution is 2.32. The number of benzene rings is 2. The van der Waals surface area contributed by atoms with Crippen LogP contribution in [0.3, 0.4) is 0 Å². The summed E-state index contributed by atoms with van der Waals surface area (Å²) in [6.45, 7) is 0. The molecular formula is C23H28N4O3S. The summed E-state index contributed by atoms with van der Waals surface area (Å²) in [5.41, 5.74) is 2.02. The predicted molar refractivity (Wildman–Crippen MR) is 125 cm³/mol. The van der Waals surface area contributed by atoms with E-state index in [1.165, 1.54) is 18.6 Å². The molecule has 1 N–H and O–H groups in total. The summed E-state index contributed by atoms with van der Waals surface area (Å²) in [6.07, 6.45) is 5.63. The molecule has 164 valence electrons. The molecule has 2 aromatic carbocycles. The van der Waals surface area contributed by atoms with Crippen LogP contribution in [0.25, 0.3) is 16.6 Å². The smallest absolute Gasteiger partial charge is 0.279 e. The number of nitrogens with zero attached hydrogens (tertiary/aromatic N) is 3. The monoisotopic (exact) mass is 440 g/mol. The molecule has 31 heavy (non-hydrogen) atoms. The van der Waals surface area contributed by atoms with Crippen LogP contribution in [0.1, 0.15) is 48.5 Å². The number of fused-ring (bicyclic) bond motifs is 1. The molecule has 1 aliphatic carbocycles. The Labute approximate surface area is 186 Å². The number of aromatic nitrogens is 2. The van der Waals surface area contributed by atoms with Gasteiger partial charge in [0.2, 0.25) is 0 Å². The Morgan fingerprint density at radius 2 is 1.81 bits per heavy atom. The number of methoxy groups -OCH3 is 1. The summed E-state index contributed by atoms with van der Waals surface area (Å²) >= 11 is 1.21. The van der Waals surface area contributed by atoms with E-state index >= 15 is 0 Å². The molecular weight excluding hydrogens is 412 g/mol. The molecule has 1 saturated carbocycles. The maximum Gasteiger partial charge on any atom is 0.279 e. The van der Waals surface area contributed by atoms with Crippen molar-refractivity contribution in [3.8, 4) is 11.4 Å². The quantitative estimate of drug-likeness (QED) is 0.583. The van der Waals surface area contributed by atoms with Crippen LogP contribution in [-0.2, 0) is 0 Å². The second kappa shape index (κ2) is 9.20. The van der Waals surface area contributed by atoms with Crippen molar-refractivity contribution in [2.45, 2.75) is 38.1 Å². The van der Waals surface area contributed by atoms with Gasteiger partial charge in [-0.2, -0.15) is 0 Å². The SMILES string of the molecule is COc1ccc(-n2c(=O)c3cc(C(=O)NSN(C)C)ccc3n2C2CCCCC2)cc1. The van der Waals surface area contributed by atoms with Gasteiger partial charge < -0.3 is 4.74 Å². The summed E-state index contributed by atoms with van der Waals surface area (Å²) in [5.74, 6) is 0.524. The third kappa shape index (κ3) is 4.36. The molecule has 1 amide bonds. The normalized spacial score (nSPS) is 14.8. The van der Waals surface area contributed by atoms with Crippen molar-refractivity contribution in [2.75, 3.05) is 21.2 Å². The van der Waals surface area contributed by atoms with E-state index < -0.39 is 0 Å². The molecule has 0 radical (unpaired) electrons. The molecule has 0 aliphatic heterocycles. The van der Waals surface area contributed by atoms with Crippen LogP contribution in [0, 0.1) is 0 Å². The summed E-state index contributed by atoms with van der Waals surface area (Å²) in [5, 5.41) is 0.559. The maximum absolute atomic E-state index is 13.6. The average molecular weight is 441 g/mol. The van der Waals surface area contributed by atoms with Crippen LogP contribution < -0.4 is 15.0 Å². The minimum atomic E-state index is -0.221. The van der Waals surface area contributed by atoms with Crippen molar-refractivity contribution >= 4 is 28.9 Å². The van der Waals surface area contributed by atoms with Gasteiger partial charge in [0.25, 0.3) is 11.5 Å². The second-order valence-corrected chi connectivity index (χ2v) is 9.14. The number of ether oxygens (including phenoxy) is 1. The van der Waals surface area contributed by atoms with E-state index in [9.17, 15) is 9.59 Å². The first-order chi connectivity index (χ1) is 15.0. The molecule has 0 saturated heterocycles. The first-order valence-electron chi connectivity index (χ1n) is 10.6. The Bertz CT molecular complexity index is 1130. The van der Waals surface area contributed by atoms with E-state index in [0.29, 0.717) is 10.9 Å². The van der Waals surface area contributed by atoms with Gasteiger partial charge in [-0.1, -0.05) is 19.3 Å². The molecule has 0 atom stereocenters. The lowest BCUT2D eigenvalue weighted by atomic mass is 9.95. The van der Waals surface area contributed by atoms with Gasteiger partial charge in [-0.15, -0.1) is 0 Å². The lowest BCUT2D eigenvalue weighted by Crippen LogP contribution is -2.25. The van der Waals surface area contributed by atoms with E-state index in [2.05, 4.69) is 9.40 Å². The average Bonchev–Trinajstić information content (AvgIpc) is 3.09. The van der Waals surface area contributed by atoms with Crippen LogP contribution in [0.2, 0.25) is 0 Å². The molecule has 4 rings (SSSR count). The molecule has 7 nitrogen and oxygen atoms in total. The van der Waals surface area contributed by atoms with Gasteiger partial charge in [-0.3, -0.25) is 19.0 Å². The zero-order chi connectivity index (χ0) is 22.0. The Morgan fingerprint density at radius 3 is 2.45 bits per heavy atom. The number of nitrogens with one attached hydrogen (secondary N) is 1. The number of carbonyl (C=O) groups is 1. The molecule has 1 aliphatic rings. The number of rotatable bonds is 6. The molecule has 1 aromatic heterocycles. The fourth-order valence-corrected chi connectivity index (χ4v) is 4.59. The zero-order valence-corrected chi connectivity index (χ0v) is 18.9.